The second kappa shape index (κ2) is 10.0. The number of nitrogens with one attached hydrogen (secondary N) is 2. The molecule has 2 N–H and O–H groups in total. The van der Waals surface area contributed by atoms with Gasteiger partial charge in [-0.15, -0.1) is 11.3 Å². The van der Waals surface area contributed by atoms with Crippen LogP contribution in [0.25, 0.3) is 0 Å². The van der Waals surface area contributed by atoms with Gasteiger partial charge in [-0.1, -0.05) is 33.8 Å². The van der Waals surface area contributed by atoms with Gasteiger partial charge in [0.2, 0.25) is 5.91 Å². The minimum atomic E-state index is -0.556. The van der Waals surface area contributed by atoms with Crippen LogP contribution >= 0.6 is 11.3 Å². The zero-order valence-electron chi connectivity index (χ0n) is 16.2. The van der Waals surface area contributed by atoms with Crippen LogP contribution in [0.3, 0.4) is 0 Å². The van der Waals surface area contributed by atoms with Crippen LogP contribution < -0.4 is 10.6 Å². The third-order valence-electron chi connectivity index (χ3n) is 4.33. The second-order valence-corrected chi connectivity index (χ2v) is 8.51. The summed E-state index contributed by atoms with van der Waals surface area (Å²) in [6, 6.07) is 3.03. The fraction of sp³-hybridized carbons (Fsp3) is 0.684. The monoisotopic (exact) mass is 381 g/mol. The van der Waals surface area contributed by atoms with Crippen molar-refractivity contribution in [1.82, 2.24) is 15.5 Å². The minimum absolute atomic E-state index is 0.00336. The Hall–Kier alpha value is -1.44. The van der Waals surface area contributed by atoms with E-state index in [2.05, 4.69) is 29.4 Å². The first-order chi connectivity index (χ1) is 12.4. The maximum atomic E-state index is 12.6. The van der Waals surface area contributed by atoms with Crippen molar-refractivity contribution in [2.75, 3.05) is 32.8 Å². The van der Waals surface area contributed by atoms with E-state index in [1.165, 1.54) is 11.3 Å². The Morgan fingerprint density at radius 2 is 2.12 bits per heavy atom. The summed E-state index contributed by atoms with van der Waals surface area (Å²) in [5.74, 6) is 0.255. The molecule has 2 amide bonds. The van der Waals surface area contributed by atoms with Crippen LogP contribution in [-0.2, 0) is 9.53 Å². The predicted molar refractivity (Wildman–Crippen MR) is 104 cm³/mol. The van der Waals surface area contributed by atoms with Gasteiger partial charge in [0.05, 0.1) is 17.6 Å². The molecule has 0 saturated carbocycles. The highest BCUT2D eigenvalue weighted by Crippen LogP contribution is 2.11. The lowest BCUT2D eigenvalue weighted by molar-refractivity contribution is -0.125. The highest BCUT2D eigenvalue weighted by Gasteiger charge is 2.27. The summed E-state index contributed by atoms with van der Waals surface area (Å²) in [6.07, 6.45) is -0.00717. The van der Waals surface area contributed by atoms with Crippen molar-refractivity contribution in [2.24, 2.45) is 11.8 Å². The van der Waals surface area contributed by atoms with Crippen molar-refractivity contribution in [3.63, 3.8) is 0 Å². The van der Waals surface area contributed by atoms with E-state index in [9.17, 15) is 9.59 Å². The number of hydrogen-bond acceptors (Lipinski definition) is 5. The molecule has 1 aromatic heterocycles. The summed E-state index contributed by atoms with van der Waals surface area (Å²) in [5, 5.41) is 7.66. The SMILES string of the molecule is CC(C)CN1CCO[C@H](CNC(=O)[C@H](NC(=O)c2cccs2)C(C)C)C1. The van der Waals surface area contributed by atoms with Crippen LogP contribution in [-0.4, -0.2) is 61.6 Å². The zero-order chi connectivity index (χ0) is 19.1. The average Bonchev–Trinajstić information content (AvgIpc) is 3.11. The Bertz CT molecular complexity index is 575. The van der Waals surface area contributed by atoms with Gasteiger partial charge in [0.25, 0.3) is 5.91 Å². The fourth-order valence-corrected chi connectivity index (χ4v) is 3.69. The summed E-state index contributed by atoms with van der Waals surface area (Å²) < 4.78 is 5.78. The number of hydrogen-bond donors (Lipinski definition) is 2. The Labute approximate surface area is 160 Å². The van der Waals surface area contributed by atoms with E-state index in [1.54, 1.807) is 6.07 Å². The van der Waals surface area contributed by atoms with Crippen molar-refractivity contribution in [3.8, 4) is 0 Å². The predicted octanol–water partition coefficient (Wildman–Crippen LogP) is 1.98. The first-order valence-electron chi connectivity index (χ1n) is 9.32. The van der Waals surface area contributed by atoms with E-state index in [0.717, 1.165) is 19.6 Å². The topological polar surface area (TPSA) is 70.7 Å². The molecule has 7 heteroatoms. The normalized spacial score (nSPS) is 19.5. The van der Waals surface area contributed by atoms with Gasteiger partial charge in [0.1, 0.15) is 6.04 Å². The average molecular weight is 382 g/mol. The smallest absolute Gasteiger partial charge is 0.262 e. The highest BCUT2D eigenvalue weighted by molar-refractivity contribution is 7.12. The summed E-state index contributed by atoms with van der Waals surface area (Å²) in [5.41, 5.74) is 0. The molecule has 1 fully saturated rings. The van der Waals surface area contributed by atoms with Crippen LogP contribution in [0.5, 0.6) is 0 Å². The minimum Gasteiger partial charge on any atom is -0.374 e. The molecule has 1 aliphatic rings. The zero-order valence-corrected chi connectivity index (χ0v) is 17.0. The van der Waals surface area contributed by atoms with Crippen molar-refractivity contribution in [2.45, 2.75) is 39.8 Å². The van der Waals surface area contributed by atoms with Gasteiger partial charge in [-0.25, -0.2) is 0 Å². The van der Waals surface area contributed by atoms with Crippen molar-refractivity contribution >= 4 is 23.2 Å². The Balaban J connectivity index is 1.84. The molecule has 0 aromatic carbocycles. The molecular weight excluding hydrogens is 350 g/mol. The molecule has 0 unspecified atom stereocenters. The van der Waals surface area contributed by atoms with Gasteiger partial charge >= 0.3 is 0 Å². The van der Waals surface area contributed by atoms with Crippen LogP contribution in [0, 0.1) is 11.8 Å². The van der Waals surface area contributed by atoms with E-state index < -0.39 is 6.04 Å². The molecule has 2 heterocycles. The Morgan fingerprint density at radius 1 is 1.35 bits per heavy atom. The van der Waals surface area contributed by atoms with Crippen molar-refractivity contribution in [1.29, 1.82) is 0 Å². The van der Waals surface area contributed by atoms with Gasteiger partial charge in [-0.05, 0) is 23.3 Å². The molecule has 146 valence electrons. The number of thiophene rings is 1. The third kappa shape index (κ3) is 6.37. The number of ether oxygens (including phenoxy) is 1. The maximum absolute atomic E-state index is 12.6. The molecular formula is C19H31N3O3S. The molecule has 0 aliphatic carbocycles. The van der Waals surface area contributed by atoms with Crippen LogP contribution in [0.2, 0.25) is 0 Å². The number of amides is 2. The highest BCUT2D eigenvalue weighted by atomic mass is 32.1. The van der Waals surface area contributed by atoms with Crippen LogP contribution in [0.4, 0.5) is 0 Å². The van der Waals surface area contributed by atoms with E-state index >= 15 is 0 Å². The molecule has 1 saturated heterocycles. The van der Waals surface area contributed by atoms with Crippen molar-refractivity contribution < 1.29 is 14.3 Å². The molecule has 0 radical (unpaired) electrons. The molecule has 1 aromatic rings. The summed E-state index contributed by atoms with van der Waals surface area (Å²) in [7, 11) is 0. The largest absolute Gasteiger partial charge is 0.374 e. The lowest BCUT2D eigenvalue weighted by atomic mass is 10.0. The van der Waals surface area contributed by atoms with Gasteiger partial charge in [0, 0.05) is 26.2 Å². The lowest BCUT2D eigenvalue weighted by Crippen LogP contribution is -2.53. The van der Waals surface area contributed by atoms with Gasteiger partial charge in [0.15, 0.2) is 0 Å². The van der Waals surface area contributed by atoms with E-state index in [4.69, 9.17) is 4.74 Å². The first-order valence-corrected chi connectivity index (χ1v) is 10.2. The lowest BCUT2D eigenvalue weighted by Gasteiger charge is -2.34. The molecule has 2 rings (SSSR count). The number of rotatable bonds is 8. The van der Waals surface area contributed by atoms with Crippen molar-refractivity contribution in [3.05, 3.63) is 22.4 Å². The molecule has 1 aliphatic heterocycles. The third-order valence-corrected chi connectivity index (χ3v) is 5.20. The fourth-order valence-electron chi connectivity index (χ4n) is 3.07. The van der Waals surface area contributed by atoms with Crippen LogP contribution in [0.15, 0.2) is 17.5 Å². The molecule has 0 spiro atoms. The number of nitrogens with zero attached hydrogens (tertiary/aromatic N) is 1. The molecule has 26 heavy (non-hydrogen) atoms. The van der Waals surface area contributed by atoms with Gasteiger partial charge in [-0.3, -0.25) is 14.5 Å². The van der Waals surface area contributed by atoms with E-state index in [1.807, 2.05) is 25.3 Å². The van der Waals surface area contributed by atoms with Gasteiger partial charge in [-0.2, -0.15) is 0 Å². The number of carbonyl (C=O) groups excluding carboxylic acids is 2. The molecule has 0 bridgehead atoms. The maximum Gasteiger partial charge on any atom is 0.262 e. The number of morpholine rings is 1. The first kappa shape index (κ1) is 20.9. The Morgan fingerprint density at radius 3 is 2.73 bits per heavy atom. The van der Waals surface area contributed by atoms with E-state index in [-0.39, 0.29) is 23.8 Å². The summed E-state index contributed by atoms with van der Waals surface area (Å²) >= 11 is 1.37. The molecule has 2 atom stereocenters. The standard InChI is InChI=1S/C19H31N3O3S/c1-13(2)11-22-7-8-25-15(12-22)10-20-19(24)17(14(3)4)21-18(23)16-6-5-9-26-16/h5-6,9,13-15,17H,7-8,10-12H2,1-4H3,(H,20,24)(H,21,23)/t15-,17-/m1/s1. The van der Waals surface area contributed by atoms with E-state index in [0.29, 0.717) is 23.9 Å². The molecule has 6 nitrogen and oxygen atoms in total. The van der Waals surface area contributed by atoms with Gasteiger partial charge < -0.3 is 15.4 Å². The van der Waals surface area contributed by atoms with Crippen LogP contribution in [0.1, 0.15) is 37.4 Å². The second-order valence-electron chi connectivity index (χ2n) is 7.56. The summed E-state index contributed by atoms with van der Waals surface area (Å²) in [6.45, 7) is 12.2. The quantitative estimate of drug-likeness (QED) is 0.722. The number of carbonyl (C=O) groups is 2. The Kier molecular flexibility index (Phi) is 8.06. The summed E-state index contributed by atoms with van der Waals surface area (Å²) in [4.78, 5) is 27.9.